The fourth-order valence-corrected chi connectivity index (χ4v) is 2.91. The van der Waals surface area contributed by atoms with Crippen LogP contribution in [0.4, 0.5) is 13.2 Å². The lowest BCUT2D eigenvalue weighted by Gasteiger charge is -2.29. The lowest BCUT2D eigenvalue weighted by molar-refractivity contribution is -0.182. The molecule has 2 rings (SSSR count). The summed E-state index contributed by atoms with van der Waals surface area (Å²) < 4.78 is 39.8. The Morgan fingerprint density at radius 1 is 1.20 bits per heavy atom. The van der Waals surface area contributed by atoms with Crippen LogP contribution in [-0.2, 0) is 13.2 Å². The molecule has 4 nitrogen and oxygen atoms in total. The van der Waals surface area contributed by atoms with Gasteiger partial charge in [0.15, 0.2) is 5.82 Å². The number of aliphatic hydroxyl groups excluding tert-OH is 1. The molecule has 1 aromatic heterocycles. The van der Waals surface area contributed by atoms with E-state index in [0.29, 0.717) is 25.2 Å². The molecule has 1 fully saturated rings. The van der Waals surface area contributed by atoms with Gasteiger partial charge in [0.05, 0.1) is 5.92 Å². The van der Waals surface area contributed by atoms with Crippen LogP contribution in [0.1, 0.15) is 56.6 Å². The quantitative estimate of drug-likeness (QED) is 0.927. The second-order valence-corrected chi connectivity index (χ2v) is 5.37. The normalized spacial score (nSPS) is 24.1. The van der Waals surface area contributed by atoms with E-state index < -0.39 is 12.1 Å². The first-order valence-electron chi connectivity index (χ1n) is 7.06. The van der Waals surface area contributed by atoms with Gasteiger partial charge in [0, 0.05) is 12.5 Å². The van der Waals surface area contributed by atoms with E-state index in [9.17, 15) is 18.3 Å². The van der Waals surface area contributed by atoms with Gasteiger partial charge in [-0.2, -0.15) is 13.2 Å². The van der Waals surface area contributed by atoms with Crippen LogP contribution in [0.25, 0.3) is 0 Å². The SMILES string of the molecule is CCCn1c(CO)nnc1C1CCC(C(F)(F)F)CC1. The van der Waals surface area contributed by atoms with Gasteiger partial charge in [-0.3, -0.25) is 0 Å². The van der Waals surface area contributed by atoms with E-state index >= 15 is 0 Å². The van der Waals surface area contributed by atoms with Gasteiger partial charge in [-0.1, -0.05) is 6.92 Å². The van der Waals surface area contributed by atoms with Crippen molar-refractivity contribution in [1.29, 1.82) is 0 Å². The number of hydrogen-bond donors (Lipinski definition) is 1. The highest BCUT2D eigenvalue weighted by atomic mass is 19.4. The second kappa shape index (κ2) is 6.11. The molecular formula is C13H20F3N3O. The Morgan fingerprint density at radius 2 is 1.85 bits per heavy atom. The Balaban J connectivity index is 2.09. The van der Waals surface area contributed by atoms with Crippen LogP contribution in [0, 0.1) is 5.92 Å². The zero-order valence-electron chi connectivity index (χ0n) is 11.5. The van der Waals surface area contributed by atoms with E-state index in [1.54, 1.807) is 0 Å². The summed E-state index contributed by atoms with van der Waals surface area (Å²) in [5.41, 5.74) is 0. The van der Waals surface area contributed by atoms with Crippen LogP contribution >= 0.6 is 0 Å². The average Bonchev–Trinajstić information content (AvgIpc) is 2.81. The van der Waals surface area contributed by atoms with Crippen molar-refractivity contribution in [2.75, 3.05) is 0 Å². The number of nitrogens with zero attached hydrogens (tertiary/aromatic N) is 3. The third kappa shape index (κ3) is 3.13. The number of aromatic nitrogens is 3. The van der Waals surface area contributed by atoms with Crippen LogP contribution in [0.5, 0.6) is 0 Å². The summed E-state index contributed by atoms with van der Waals surface area (Å²) in [6.45, 7) is 2.51. The molecule has 7 heteroatoms. The van der Waals surface area contributed by atoms with Crippen LogP contribution in [0.3, 0.4) is 0 Å². The lowest BCUT2D eigenvalue weighted by Crippen LogP contribution is -2.28. The van der Waals surface area contributed by atoms with Crippen LogP contribution < -0.4 is 0 Å². The molecule has 0 aliphatic heterocycles. The molecular weight excluding hydrogens is 271 g/mol. The van der Waals surface area contributed by atoms with Crippen LogP contribution in [0.2, 0.25) is 0 Å². The minimum atomic E-state index is -4.08. The standard InChI is InChI=1S/C13H20F3N3O/c1-2-7-19-11(8-20)17-18-12(19)9-3-5-10(6-4-9)13(14,15)16/h9-10,20H,2-8H2,1H3. The van der Waals surface area contributed by atoms with Crippen molar-refractivity contribution in [3.63, 3.8) is 0 Å². The Hall–Kier alpha value is -1.11. The molecule has 1 saturated carbocycles. The number of aliphatic hydroxyl groups is 1. The first-order chi connectivity index (χ1) is 9.47. The summed E-state index contributed by atoms with van der Waals surface area (Å²) in [6, 6.07) is 0. The van der Waals surface area contributed by atoms with E-state index in [1.165, 1.54) is 0 Å². The van der Waals surface area contributed by atoms with E-state index in [4.69, 9.17) is 0 Å². The van der Waals surface area contributed by atoms with Gasteiger partial charge < -0.3 is 9.67 Å². The molecule has 0 bridgehead atoms. The van der Waals surface area contributed by atoms with Gasteiger partial charge in [-0.25, -0.2) is 0 Å². The van der Waals surface area contributed by atoms with Crippen LogP contribution in [0.15, 0.2) is 0 Å². The minimum Gasteiger partial charge on any atom is -0.388 e. The van der Waals surface area contributed by atoms with Crippen molar-refractivity contribution in [1.82, 2.24) is 14.8 Å². The monoisotopic (exact) mass is 291 g/mol. The summed E-state index contributed by atoms with van der Waals surface area (Å²) in [5.74, 6) is 0.0721. The number of hydrogen-bond acceptors (Lipinski definition) is 3. The van der Waals surface area contributed by atoms with Gasteiger partial charge in [0.1, 0.15) is 12.4 Å². The molecule has 0 unspecified atom stereocenters. The zero-order valence-corrected chi connectivity index (χ0v) is 11.5. The fraction of sp³-hybridized carbons (Fsp3) is 0.846. The summed E-state index contributed by atoms with van der Waals surface area (Å²) in [5, 5.41) is 17.3. The summed E-state index contributed by atoms with van der Waals surface area (Å²) in [4.78, 5) is 0. The van der Waals surface area contributed by atoms with Gasteiger partial charge in [0.2, 0.25) is 0 Å². The molecule has 0 spiro atoms. The van der Waals surface area contributed by atoms with E-state index in [2.05, 4.69) is 10.2 Å². The molecule has 0 aromatic carbocycles. The molecule has 1 aliphatic rings. The topological polar surface area (TPSA) is 50.9 Å². The fourth-order valence-electron chi connectivity index (χ4n) is 2.91. The predicted molar refractivity (Wildman–Crippen MR) is 67.0 cm³/mol. The molecule has 114 valence electrons. The van der Waals surface area contributed by atoms with Crippen molar-refractivity contribution in [2.24, 2.45) is 5.92 Å². The van der Waals surface area contributed by atoms with Gasteiger partial charge in [-0.05, 0) is 32.1 Å². The predicted octanol–water partition coefficient (Wildman–Crippen LogP) is 3.02. The van der Waals surface area contributed by atoms with Crippen molar-refractivity contribution >= 4 is 0 Å². The van der Waals surface area contributed by atoms with E-state index in [0.717, 1.165) is 12.2 Å². The highest BCUT2D eigenvalue weighted by molar-refractivity contribution is 5.03. The first-order valence-corrected chi connectivity index (χ1v) is 7.06. The second-order valence-electron chi connectivity index (χ2n) is 5.37. The van der Waals surface area contributed by atoms with Crippen LogP contribution in [-0.4, -0.2) is 26.0 Å². The maximum atomic E-state index is 12.7. The Morgan fingerprint density at radius 3 is 2.35 bits per heavy atom. The maximum Gasteiger partial charge on any atom is 0.391 e. The smallest absolute Gasteiger partial charge is 0.388 e. The van der Waals surface area contributed by atoms with Crippen molar-refractivity contribution < 1.29 is 18.3 Å². The Bertz CT molecular complexity index is 437. The van der Waals surface area contributed by atoms with Gasteiger partial charge in [-0.15, -0.1) is 10.2 Å². The zero-order chi connectivity index (χ0) is 14.8. The van der Waals surface area contributed by atoms with Crippen molar-refractivity contribution in [2.45, 2.75) is 64.3 Å². The average molecular weight is 291 g/mol. The van der Waals surface area contributed by atoms with E-state index in [-0.39, 0.29) is 25.4 Å². The van der Waals surface area contributed by atoms with Gasteiger partial charge in [0.25, 0.3) is 0 Å². The first kappa shape index (κ1) is 15.3. The number of halogens is 3. The van der Waals surface area contributed by atoms with Gasteiger partial charge >= 0.3 is 6.18 Å². The molecule has 1 aromatic rings. The third-order valence-electron chi connectivity index (χ3n) is 4.00. The molecule has 1 aliphatic carbocycles. The summed E-state index contributed by atoms with van der Waals surface area (Å²) in [7, 11) is 0. The molecule has 0 atom stereocenters. The Kier molecular flexibility index (Phi) is 4.67. The summed E-state index contributed by atoms with van der Waals surface area (Å²) >= 11 is 0. The highest BCUT2D eigenvalue weighted by Gasteiger charge is 2.42. The number of alkyl halides is 3. The summed E-state index contributed by atoms with van der Waals surface area (Å²) in [6.07, 6.45) is -1.94. The number of rotatable bonds is 4. The van der Waals surface area contributed by atoms with Crippen molar-refractivity contribution in [3.8, 4) is 0 Å². The molecule has 1 heterocycles. The van der Waals surface area contributed by atoms with Crippen molar-refractivity contribution in [3.05, 3.63) is 11.6 Å². The molecule has 0 amide bonds. The molecule has 20 heavy (non-hydrogen) atoms. The highest BCUT2D eigenvalue weighted by Crippen LogP contribution is 2.42. The third-order valence-corrected chi connectivity index (χ3v) is 4.00. The Labute approximate surface area is 116 Å². The molecule has 1 N–H and O–H groups in total. The lowest BCUT2D eigenvalue weighted by atomic mass is 9.81. The molecule has 0 saturated heterocycles. The maximum absolute atomic E-state index is 12.7. The molecule has 0 radical (unpaired) electrons. The van der Waals surface area contributed by atoms with E-state index in [1.807, 2.05) is 11.5 Å². The largest absolute Gasteiger partial charge is 0.391 e. The minimum absolute atomic E-state index is 0.0212.